The number of benzene rings is 1. The molecular formula is C19H17N3O3S. The third-order valence-electron chi connectivity index (χ3n) is 5.60. The van der Waals surface area contributed by atoms with E-state index in [1.165, 1.54) is 10.2 Å². The summed E-state index contributed by atoms with van der Waals surface area (Å²) in [5.41, 5.74) is 1.45. The van der Waals surface area contributed by atoms with Gasteiger partial charge in [0, 0.05) is 17.1 Å². The molecule has 1 amide bonds. The second-order valence-corrected chi connectivity index (χ2v) is 8.77. The minimum atomic E-state index is -3.74. The molecule has 26 heavy (non-hydrogen) atoms. The van der Waals surface area contributed by atoms with Gasteiger partial charge in [0.25, 0.3) is 10.0 Å². The molecule has 3 aromatic rings. The van der Waals surface area contributed by atoms with Crippen molar-refractivity contribution in [3.63, 3.8) is 0 Å². The summed E-state index contributed by atoms with van der Waals surface area (Å²) in [7, 11) is -3.74. The number of rotatable bonds is 2. The van der Waals surface area contributed by atoms with E-state index < -0.39 is 15.4 Å². The van der Waals surface area contributed by atoms with Crippen LogP contribution in [0.4, 0.5) is 5.69 Å². The highest BCUT2D eigenvalue weighted by molar-refractivity contribution is 7.90. The van der Waals surface area contributed by atoms with Gasteiger partial charge in [-0.1, -0.05) is 31.0 Å². The van der Waals surface area contributed by atoms with Crippen LogP contribution in [-0.4, -0.2) is 23.3 Å². The lowest BCUT2D eigenvalue weighted by molar-refractivity contribution is -0.120. The van der Waals surface area contributed by atoms with Gasteiger partial charge in [0.2, 0.25) is 5.91 Å². The monoisotopic (exact) mass is 367 g/mol. The Balaban J connectivity index is 1.76. The first-order chi connectivity index (χ1) is 12.5. The summed E-state index contributed by atoms with van der Waals surface area (Å²) >= 11 is 0. The fraction of sp³-hybridized carbons (Fsp3) is 0.263. The van der Waals surface area contributed by atoms with Gasteiger partial charge in [-0.15, -0.1) is 0 Å². The van der Waals surface area contributed by atoms with Crippen LogP contribution in [0.15, 0.2) is 53.7 Å². The Morgan fingerprint density at radius 1 is 1.08 bits per heavy atom. The Labute approximate surface area is 150 Å². The van der Waals surface area contributed by atoms with Crippen molar-refractivity contribution in [1.29, 1.82) is 0 Å². The molecule has 0 saturated heterocycles. The van der Waals surface area contributed by atoms with E-state index >= 15 is 0 Å². The van der Waals surface area contributed by atoms with Crippen LogP contribution in [0.25, 0.3) is 11.0 Å². The van der Waals surface area contributed by atoms with Crippen LogP contribution in [-0.2, 0) is 20.2 Å². The SMILES string of the molecule is O=C1Nc2cnc3c(ccn3S(=O)(=O)c3ccccc3)c2C12CCCC2. The average molecular weight is 367 g/mol. The Morgan fingerprint density at radius 3 is 2.54 bits per heavy atom. The molecule has 0 bridgehead atoms. The Bertz CT molecular complexity index is 1140. The van der Waals surface area contributed by atoms with Crippen molar-refractivity contribution >= 4 is 32.7 Å². The molecule has 132 valence electrons. The van der Waals surface area contributed by atoms with Gasteiger partial charge in [-0.25, -0.2) is 17.4 Å². The minimum Gasteiger partial charge on any atom is -0.324 e. The van der Waals surface area contributed by atoms with Gasteiger partial charge in [0.1, 0.15) is 0 Å². The number of nitrogens with one attached hydrogen (secondary N) is 1. The van der Waals surface area contributed by atoms with E-state index in [9.17, 15) is 13.2 Å². The van der Waals surface area contributed by atoms with Gasteiger partial charge in [-0.05, 0) is 31.0 Å². The van der Waals surface area contributed by atoms with Crippen LogP contribution in [0.3, 0.4) is 0 Å². The van der Waals surface area contributed by atoms with Crippen molar-refractivity contribution in [2.45, 2.75) is 36.0 Å². The van der Waals surface area contributed by atoms with E-state index in [2.05, 4.69) is 10.3 Å². The summed E-state index contributed by atoms with van der Waals surface area (Å²) in [6, 6.07) is 10.1. The molecule has 1 N–H and O–H groups in total. The molecule has 1 fully saturated rings. The van der Waals surface area contributed by atoms with Crippen molar-refractivity contribution in [2.75, 3.05) is 5.32 Å². The second-order valence-electron chi connectivity index (χ2n) is 6.96. The van der Waals surface area contributed by atoms with Crippen molar-refractivity contribution in [3.8, 4) is 0 Å². The summed E-state index contributed by atoms with van der Waals surface area (Å²) in [5.74, 6) is 0.0120. The zero-order chi connectivity index (χ0) is 17.9. The molecule has 1 spiro atoms. The largest absolute Gasteiger partial charge is 0.324 e. The predicted octanol–water partition coefficient (Wildman–Crippen LogP) is 3.04. The number of aromatic nitrogens is 2. The minimum absolute atomic E-state index is 0.0120. The van der Waals surface area contributed by atoms with Crippen LogP contribution >= 0.6 is 0 Å². The van der Waals surface area contributed by atoms with E-state index in [0.717, 1.165) is 36.6 Å². The van der Waals surface area contributed by atoms with E-state index in [1.54, 1.807) is 42.6 Å². The lowest BCUT2D eigenvalue weighted by Gasteiger charge is -2.21. The van der Waals surface area contributed by atoms with E-state index in [-0.39, 0.29) is 10.8 Å². The first kappa shape index (κ1) is 15.6. The number of nitrogens with zero attached hydrogens (tertiary/aromatic N) is 2. The standard InChI is InChI=1S/C19H17N3O3S/c23-18-19(9-4-5-10-19)16-14-8-11-22(17(14)20-12-15(16)21-18)26(24,25)13-6-2-1-3-7-13/h1-3,6-8,11-12H,4-5,9-10H2,(H,21,23). The van der Waals surface area contributed by atoms with Crippen LogP contribution in [0.2, 0.25) is 0 Å². The molecule has 1 saturated carbocycles. The number of hydrogen-bond donors (Lipinski definition) is 1. The molecule has 1 aliphatic carbocycles. The van der Waals surface area contributed by atoms with Gasteiger partial charge in [-0.2, -0.15) is 0 Å². The van der Waals surface area contributed by atoms with Crippen LogP contribution in [0.5, 0.6) is 0 Å². The third-order valence-corrected chi connectivity index (χ3v) is 7.28. The number of fused-ring (bicyclic) bond motifs is 4. The Kier molecular flexibility index (Phi) is 3.10. The van der Waals surface area contributed by atoms with Gasteiger partial charge >= 0.3 is 0 Å². The van der Waals surface area contributed by atoms with E-state index in [0.29, 0.717) is 11.3 Å². The molecule has 2 aliphatic rings. The smallest absolute Gasteiger partial charge is 0.269 e. The maximum Gasteiger partial charge on any atom is 0.269 e. The predicted molar refractivity (Wildman–Crippen MR) is 97.5 cm³/mol. The Hall–Kier alpha value is -2.67. The maximum atomic E-state index is 13.0. The highest BCUT2D eigenvalue weighted by atomic mass is 32.2. The lowest BCUT2D eigenvalue weighted by Crippen LogP contribution is -2.31. The number of anilines is 1. The van der Waals surface area contributed by atoms with Crippen LogP contribution < -0.4 is 5.32 Å². The quantitative estimate of drug-likeness (QED) is 0.755. The zero-order valence-corrected chi connectivity index (χ0v) is 14.8. The molecule has 7 heteroatoms. The summed E-state index contributed by atoms with van der Waals surface area (Å²) in [6.45, 7) is 0. The Morgan fingerprint density at radius 2 is 1.81 bits per heavy atom. The lowest BCUT2D eigenvalue weighted by atomic mass is 9.79. The van der Waals surface area contributed by atoms with Gasteiger partial charge in [0.05, 0.1) is 22.2 Å². The molecule has 5 rings (SSSR count). The van der Waals surface area contributed by atoms with Crippen LogP contribution in [0.1, 0.15) is 31.2 Å². The molecule has 0 atom stereocenters. The highest BCUT2D eigenvalue weighted by Crippen LogP contribution is 2.51. The molecule has 3 heterocycles. The molecule has 1 aromatic carbocycles. The number of carbonyl (C=O) groups excluding carboxylic acids is 1. The molecule has 6 nitrogen and oxygen atoms in total. The fourth-order valence-corrected chi connectivity index (χ4v) is 5.71. The average Bonchev–Trinajstić information content (AvgIpc) is 3.35. The highest BCUT2D eigenvalue weighted by Gasteiger charge is 2.50. The fourth-order valence-electron chi connectivity index (χ4n) is 4.38. The van der Waals surface area contributed by atoms with Gasteiger partial charge in [-0.3, -0.25) is 4.79 Å². The summed E-state index contributed by atoms with van der Waals surface area (Å²) < 4.78 is 27.3. The van der Waals surface area contributed by atoms with Gasteiger partial charge in [0.15, 0.2) is 5.65 Å². The molecule has 2 aromatic heterocycles. The molecule has 0 radical (unpaired) electrons. The molecule has 0 unspecified atom stereocenters. The van der Waals surface area contributed by atoms with Crippen molar-refractivity contribution in [2.24, 2.45) is 0 Å². The maximum absolute atomic E-state index is 13.0. The first-order valence-corrected chi connectivity index (χ1v) is 10.1. The molecular weight excluding hydrogens is 350 g/mol. The van der Waals surface area contributed by atoms with Crippen molar-refractivity contribution < 1.29 is 13.2 Å². The van der Waals surface area contributed by atoms with E-state index in [4.69, 9.17) is 0 Å². The number of pyridine rings is 1. The first-order valence-electron chi connectivity index (χ1n) is 8.67. The summed E-state index contributed by atoms with van der Waals surface area (Å²) in [5, 5.41) is 3.68. The zero-order valence-electron chi connectivity index (χ0n) is 14.0. The normalized spacial score (nSPS) is 18.4. The van der Waals surface area contributed by atoms with Gasteiger partial charge < -0.3 is 5.32 Å². The second kappa shape index (κ2) is 5.17. The molecule has 1 aliphatic heterocycles. The van der Waals surface area contributed by atoms with E-state index in [1.807, 2.05) is 0 Å². The van der Waals surface area contributed by atoms with Crippen molar-refractivity contribution in [1.82, 2.24) is 8.96 Å². The van der Waals surface area contributed by atoms with Crippen LogP contribution in [0, 0.1) is 0 Å². The topological polar surface area (TPSA) is 81.1 Å². The van der Waals surface area contributed by atoms with Crippen molar-refractivity contribution in [3.05, 3.63) is 54.4 Å². The summed E-state index contributed by atoms with van der Waals surface area (Å²) in [4.78, 5) is 17.2. The summed E-state index contributed by atoms with van der Waals surface area (Å²) in [6.07, 6.45) is 6.70. The third kappa shape index (κ3) is 1.89. The number of amides is 1. The number of hydrogen-bond acceptors (Lipinski definition) is 4. The number of carbonyl (C=O) groups is 1.